The quantitative estimate of drug-likeness (QED) is 0.303. The van der Waals surface area contributed by atoms with E-state index >= 15 is 0 Å². The Bertz CT molecular complexity index is 1110. The number of aryl methyl sites for hydroxylation is 1. The number of barbiturate groups is 1. The Morgan fingerprint density at radius 3 is 2.48 bits per heavy atom. The lowest BCUT2D eigenvalue weighted by molar-refractivity contribution is -0.122. The average Bonchev–Trinajstić information content (AvgIpc) is 2.69. The first-order chi connectivity index (χ1) is 14.6. The number of ether oxygens (including phenoxy) is 2. The van der Waals surface area contributed by atoms with Crippen LogP contribution in [0, 0.1) is 10.5 Å². The van der Waals surface area contributed by atoms with Crippen LogP contribution < -0.4 is 19.7 Å². The Morgan fingerprint density at radius 2 is 1.87 bits per heavy atom. The van der Waals surface area contributed by atoms with Gasteiger partial charge < -0.3 is 9.47 Å². The predicted octanol–water partition coefficient (Wildman–Crippen LogP) is 4.82. The van der Waals surface area contributed by atoms with E-state index in [1.54, 1.807) is 30.3 Å². The Labute approximate surface area is 202 Å². The van der Waals surface area contributed by atoms with Crippen molar-refractivity contribution in [3.05, 3.63) is 55.1 Å². The molecule has 0 radical (unpaired) electrons. The van der Waals surface area contributed by atoms with Crippen molar-refractivity contribution >= 4 is 68.1 Å². The largest absolute Gasteiger partial charge is 0.493 e. The normalized spacial score (nSPS) is 15.5. The number of rotatable bonds is 5. The van der Waals surface area contributed by atoms with Gasteiger partial charge in [-0.25, -0.2) is 9.69 Å². The van der Waals surface area contributed by atoms with Crippen LogP contribution in [0.4, 0.5) is 10.5 Å². The van der Waals surface area contributed by atoms with E-state index in [0.29, 0.717) is 22.7 Å². The van der Waals surface area contributed by atoms with Crippen molar-refractivity contribution in [3.63, 3.8) is 0 Å². The number of halogens is 2. The van der Waals surface area contributed by atoms with Crippen LogP contribution in [0.2, 0.25) is 0 Å². The number of carbonyl (C=O) groups is 3. The van der Waals surface area contributed by atoms with Crippen molar-refractivity contribution in [3.8, 4) is 11.5 Å². The van der Waals surface area contributed by atoms with E-state index in [1.807, 2.05) is 20.8 Å². The van der Waals surface area contributed by atoms with Crippen LogP contribution in [-0.2, 0) is 9.59 Å². The molecule has 9 heteroatoms. The summed E-state index contributed by atoms with van der Waals surface area (Å²) in [5, 5.41) is 2.23. The molecule has 2 aromatic carbocycles. The lowest BCUT2D eigenvalue weighted by Crippen LogP contribution is -2.54. The highest BCUT2D eigenvalue weighted by Crippen LogP contribution is 2.35. The second kappa shape index (κ2) is 9.39. The third-order valence-electron chi connectivity index (χ3n) is 4.42. The summed E-state index contributed by atoms with van der Waals surface area (Å²) in [5.41, 5.74) is 1.63. The molecule has 0 saturated carbocycles. The summed E-state index contributed by atoms with van der Waals surface area (Å²) >= 11 is 5.51. The predicted molar refractivity (Wildman–Crippen MR) is 129 cm³/mol. The molecule has 162 valence electrons. The molecule has 3 rings (SSSR count). The number of anilines is 1. The van der Waals surface area contributed by atoms with Gasteiger partial charge in [0.2, 0.25) is 0 Å². The van der Waals surface area contributed by atoms with Gasteiger partial charge in [-0.2, -0.15) is 0 Å². The molecule has 0 atom stereocenters. The van der Waals surface area contributed by atoms with Crippen molar-refractivity contribution in [2.24, 2.45) is 0 Å². The molecule has 1 aliphatic rings. The molecular formula is C22H20BrIN2O5. The third-order valence-corrected chi connectivity index (χ3v) is 6.11. The lowest BCUT2D eigenvalue weighted by atomic mass is 10.1. The molecule has 0 aromatic heterocycles. The molecule has 2 aromatic rings. The summed E-state index contributed by atoms with van der Waals surface area (Å²) in [7, 11) is 1.52. The number of hydrogen-bond acceptors (Lipinski definition) is 5. The van der Waals surface area contributed by atoms with Crippen LogP contribution in [0.15, 0.2) is 40.4 Å². The minimum absolute atomic E-state index is 0.0498. The third kappa shape index (κ3) is 4.93. The molecular weight excluding hydrogens is 579 g/mol. The van der Waals surface area contributed by atoms with Gasteiger partial charge >= 0.3 is 6.03 Å². The van der Waals surface area contributed by atoms with Gasteiger partial charge in [0.1, 0.15) is 5.57 Å². The number of methoxy groups -OCH3 is 1. The standard InChI is InChI=1S/C22H20BrIN2O5/c1-11(2)31-19-17(24)9-13(10-18(19)30-4)8-15-20(27)25-22(29)26(21(15)28)14-5-6-16(23)12(3)7-14/h5-11H,1-4H3,(H,25,27,29)/b15-8-. The number of urea groups is 1. The number of nitrogens with zero attached hydrogens (tertiary/aromatic N) is 1. The molecule has 31 heavy (non-hydrogen) atoms. The molecule has 0 spiro atoms. The number of imide groups is 2. The Balaban J connectivity index is 2.03. The van der Waals surface area contributed by atoms with Gasteiger partial charge in [0, 0.05) is 4.47 Å². The zero-order valence-corrected chi connectivity index (χ0v) is 21.0. The van der Waals surface area contributed by atoms with Crippen molar-refractivity contribution in [2.75, 3.05) is 12.0 Å². The minimum Gasteiger partial charge on any atom is -0.493 e. The van der Waals surface area contributed by atoms with E-state index in [2.05, 4.69) is 43.8 Å². The Kier molecular flexibility index (Phi) is 7.05. The zero-order chi connectivity index (χ0) is 22.9. The van der Waals surface area contributed by atoms with Crippen LogP contribution in [-0.4, -0.2) is 31.1 Å². The van der Waals surface area contributed by atoms with E-state index in [1.165, 1.54) is 13.2 Å². The molecule has 1 aliphatic heterocycles. The lowest BCUT2D eigenvalue weighted by Gasteiger charge is -2.26. The highest BCUT2D eigenvalue weighted by atomic mass is 127. The molecule has 1 N–H and O–H groups in total. The van der Waals surface area contributed by atoms with Crippen molar-refractivity contribution in [2.45, 2.75) is 26.9 Å². The number of hydrogen-bond donors (Lipinski definition) is 1. The van der Waals surface area contributed by atoms with E-state index in [-0.39, 0.29) is 11.7 Å². The smallest absolute Gasteiger partial charge is 0.335 e. The maximum atomic E-state index is 13.1. The fourth-order valence-electron chi connectivity index (χ4n) is 3.00. The highest BCUT2D eigenvalue weighted by Gasteiger charge is 2.37. The van der Waals surface area contributed by atoms with Crippen LogP contribution in [0.3, 0.4) is 0 Å². The number of benzene rings is 2. The second-order valence-electron chi connectivity index (χ2n) is 7.09. The number of nitrogens with one attached hydrogen (secondary N) is 1. The Morgan fingerprint density at radius 1 is 1.16 bits per heavy atom. The fourth-order valence-corrected chi connectivity index (χ4v) is 4.00. The van der Waals surface area contributed by atoms with Gasteiger partial charge in [0.05, 0.1) is 22.5 Å². The topological polar surface area (TPSA) is 84.9 Å². The van der Waals surface area contributed by atoms with Crippen LogP contribution in [0.5, 0.6) is 11.5 Å². The van der Waals surface area contributed by atoms with E-state index in [9.17, 15) is 14.4 Å². The first kappa shape index (κ1) is 23.3. The highest BCUT2D eigenvalue weighted by molar-refractivity contribution is 14.1. The molecule has 0 unspecified atom stereocenters. The molecule has 7 nitrogen and oxygen atoms in total. The molecule has 4 amide bonds. The molecule has 0 aliphatic carbocycles. The van der Waals surface area contributed by atoms with Gasteiger partial charge in [-0.3, -0.25) is 14.9 Å². The van der Waals surface area contributed by atoms with Gasteiger partial charge in [0.15, 0.2) is 11.5 Å². The summed E-state index contributed by atoms with van der Waals surface area (Å²) in [6.07, 6.45) is 1.39. The maximum absolute atomic E-state index is 13.1. The van der Waals surface area contributed by atoms with Crippen LogP contribution in [0.25, 0.3) is 6.08 Å². The molecule has 1 fully saturated rings. The summed E-state index contributed by atoms with van der Waals surface area (Å²) in [4.78, 5) is 38.9. The molecule has 1 saturated heterocycles. The first-order valence-corrected chi connectivity index (χ1v) is 11.2. The SMILES string of the molecule is COc1cc(/C=C2/C(=O)NC(=O)N(c3ccc(Br)c(C)c3)C2=O)cc(I)c1OC(C)C. The summed E-state index contributed by atoms with van der Waals surface area (Å²) in [6, 6.07) is 7.73. The summed E-state index contributed by atoms with van der Waals surface area (Å²) < 4.78 is 12.8. The van der Waals surface area contributed by atoms with E-state index in [4.69, 9.17) is 9.47 Å². The first-order valence-electron chi connectivity index (χ1n) is 9.34. The molecule has 1 heterocycles. The van der Waals surface area contributed by atoms with Crippen molar-refractivity contribution in [1.82, 2.24) is 5.32 Å². The maximum Gasteiger partial charge on any atom is 0.335 e. The van der Waals surface area contributed by atoms with Gasteiger partial charge in [-0.05, 0) is 90.9 Å². The van der Waals surface area contributed by atoms with Crippen molar-refractivity contribution in [1.29, 1.82) is 0 Å². The van der Waals surface area contributed by atoms with Crippen LogP contribution >= 0.6 is 38.5 Å². The van der Waals surface area contributed by atoms with Gasteiger partial charge in [-0.1, -0.05) is 15.9 Å². The van der Waals surface area contributed by atoms with Crippen LogP contribution in [0.1, 0.15) is 25.0 Å². The number of amides is 4. The summed E-state index contributed by atoms with van der Waals surface area (Å²) in [5.74, 6) is -0.391. The monoisotopic (exact) mass is 598 g/mol. The van der Waals surface area contributed by atoms with Gasteiger partial charge in [0.25, 0.3) is 11.8 Å². The van der Waals surface area contributed by atoms with Crippen molar-refractivity contribution < 1.29 is 23.9 Å². The second-order valence-corrected chi connectivity index (χ2v) is 9.11. The van der Waals surface area contributed by atoms with Gasteiger partial charge in [-0.15, -0.1) is 0 Å². The minimum atomic E-state index is -0.790. The molecule has 0 bridgehead atoms. The van der Waals surface area contributed by atoms with E-state index in [0.717, 1.165) is 18.5 Å². The fraction of sp³-hybridized carbons (Fsp3) is 0.227. The summed E-state index contributed by atoms with van der Waals surface area (Å²) in [6.45, 7) is 5.66. The zero-order valence-electron chi connectivity index (χ0n) is 17.3. The Hall–Kier alpha value is -2.40. The van der Waals surface area contributed by atoms with E-state index < -0.39 is 17.8 Å². The average molecular weight is 599 g/mol. The number of carbonyl (C=O) groups excluding carboxylic acids is 3.